The van der Waals surface area contributed by atoms with Crippen LogP contribution >= 0.6 is 84.5 Å². The van der Waals surface area contributed by atoms with Crippen LogP contribution in [0.5, 0.6) is 0 Å². The second kappa shape index (κ2) is 28.3. The van der Waals surface area contributed by atoms with E-state index in [1.165, 1.54) is 64.8 Å². The minimum atomic E-state index is -1.04. The Hall–Kier alpha value is -8.30. The summed E-state index contributed by atoms with van der Waals surface area (Å²) >= 11 is 19.9. The number of nitrogens with two attached hydrogens (primary N) is 4. The zero-order valence-electron chi connectivity index (χ0n) is 44.9. The average Bonchev–Trinajstić information content (AvgIpc) is 2.93. The Morgan fingerprint density at radius 3 is 1.37 bits per heavy atom. The van der Waals surface area contributed by atoms with Gasteiger partial charge in [0.05, 0.1) is 62.1 Å². The second-order valence-corrected chi connectivity index (χ2v) is 24.7. The number of rotatable bonds is 8. The van der Waals surface area contributed by atoms with Gasteiger partial charge in [-0.05, 0) is 99.1 Å². The molecule has 0 atom stereocenters. The van der Waals surface area contributed by atoms with E-state index in [-0.39, 0.29) is 33.5 Å². The quantitative estimate of drug-likeness (QED) is 0.0356. The van der Waals surface area contributed by atoms with Crippen molar-refractivity contribution in [3.8, 4) is 0 Å². The third kappa shape index (κ3) is 16.6. The second-order valence-electron chi connectivity index (χ2n) is 18.4. The van der Waals surface area contributed by atoms with Crippen molar-refractivity contribution in [3.05, 3.63) is 146 Å². The van der Waals surface area contributed by atoms with Crippen molar-refractivity contribution in [2.75, 3.05) is 22.9 Å². The molecule has 0 saturated heterocycles. The molecule has 10 aromatic rings. The van der Waals surface area contributed by atoms with Gasteiger partial charge in [-0.3, -0.25) is 50.6 Å². The standard InChI is InChI=1S/C10H9N3O2S.C10H11N3S.C7H4BrN3O2S.C7H6N4O2S.C5H3ClN4O4.C5H5ClN2.C3H7BO2/c1-5-12-9-8(6-2-3-6)7(13(14)15)4-11-10(9)16-5;1-5-13-9-8(6-2-3-6)7(11)4-12-10(9)14-5;2*1-3-10-6-5(8)4(11(12)13)2-9-7(6)14-3;6-5-4(10(13)14)3(7)2(1-8-5)9(11)12;6-5-3-4(7)1-2-8-5;5-4(6)3-1-2-3/h4,6H,2-3H2,1H3;4,6H,2-3,11H2,1H3;2H,1H3;2H,1H3,(H2,8,9);1H,(H2,7,8);1-3H,(H2,7,8);3,5-6H,1-2H2. The summed E-state index contributed by atoms with van der Waals surface area (Å²) in [6, 6.07) is 3.29. The predicted molar refractivity (Wildman–Crippen MR) is 333 cm³/mol. The number of fused-ring (bicyclic) bond motifs is 4. The molecule has 3 fully saturated rings. The monoisotopic (exact) mass is 1360 g/mol. The molecule has 0 aliphatic heterocycles. The van der Waals surface area contributed by atoms with Crippen LogP contribution in [0, 0.1) is 78.3 Å². The number of halogens is 3. The molecule has 0 radical (unpaired) electrons. The maximum Gasteiger partial charge on any atom is 0.454 e. The van der Waals surface area contributed by atoms with Gasteiger partial charge in [0.25, 0.3) is 5.69 Å². The number of thiazole rings is 4. The van der Waals surface area contributed by atoms with E-state index in [1.807, 2.05) is 20.8 Å². The van der Waals surface area contributed by atoms with Crippen LogP contribution < -0.4 is 22.9 Å². The molecule has 448 valence electrons. The minimum Gasteiger partial charge on any atom is -0.427 e. The Balaban J connectivity index is 0.000000146. The van der Waals surface area contributed by atoms with Crippen molar-refractivity contribution in [3.63, 3.8) is 0 Å². The highest BCUT2D eigenvalue weighted by Gasteiger charge is 2.35. The molecule has 31 nitrogen and oxygen atoms in total. The van der Waals surface area contributed by atoms with Crippen molar-refractivity contribution < 1.29 is 34.7 Å². The van der Waals surface area contributed by atoms with E-state index in [2.05, 4.69) is 65.8 Å². The van der Waals surface area contributed by atoms with Gasteiger partial charge in [-0.1, -0.05) is 81.4 Å². The van der Waals surface area contributed by atoms with Crippen LogP contribution in [0.3, 0.4) is 0 Å². The van der Waals surface area contributed by atoms with E-state index in [9.17, 15) is 50.6 Å². The highest BCUT2D eigenvalue weighted by atomic mass is 79.9. The molecule has 0 amide bonds. The smallest absolute Gasteiger partial charge is 0.427 e. The molecule has 86 heavy (non-hydrogen) atoms. The first-order valence-corrected chi connectivity index (χ1v) is 29.6. The van der Waals surface area contributed by atoms with Gasteiger partial charge >= 0.3 is 29.9 Å². The molecule has 0 unspecified atom stereocenters. The number of hydrogen-bond acceptors (Lipinski definition) is 30. The molecule has 0 aromatic carbocycles. The van der Waals surface area contributed by atoms with Crippen LogP contribution in [0.25, 0.3) is 41.4 Å². The number of aromatic nitrogens is 10. The Morgan fingerprint density at radius 2 is 0.942 bits per heavy atom. The number of nitrogens with zero attached hydrogens (tertiary/aromatic N) is 15. The maximum atomic E-state index is 10.9. The summed E-state index contributed by atoms with van der Waals surface area (Å²) < 4.78 is 0.400. The molecule has 39 heteroatoms. The molecular weight excluding hydrogens is 1310 g/mol. The first-order valence-electron chi connectivity index (χ1n) is 24.7. The van der Waals surface area contributed by atoms with Gasteiger partial charge in [-0.15, -0.1) is 0 Å². The summed E-state index contributed by atoms with van der Waals surface area (Å²) in [5, 5.41) is 72.9. The lowest BCUT2D eigenvalue weighted by molar-refractivity contribution is -0.392. The van der Waals surface area contributed by atoms with Gasteiger partial charge in [0.2, 0.25) is 5.15 Å². The van der Waals surface area contributed by atoms with Crippen molar-refractivity contribution in [2.45, 2.75) is 83.9 Å². The molecule has 0 bridgehead atoms. The van der Waals surface area contributed by atoms with Gasteiger partial charge < -0.3 is 33.0 Å². The Labute approximate surface area is 518 Å². The van der Waals surface area contributed by atoms with Crippen molar-refractivity contribution >= 4 is 184 Å². The van der Waals surface area contributed by atoms with Gasteiger partial charge in [0.15, 0.2) is 5.69 Å². The van der Waals surface area contributed by atoms with E-state index in [0.717, 1.165) is 90.1 Å². The summed E-state index contributed by atoms with van der Waals surface area (Å²) in [5.41, 5.74) is 26.3. The fourth-order valence-electron chi connectivity index (χ4n) is 7.54. The molecule has 3 aliphatic carbocycles. The first kappa shape index (κ1) is 65.3. The number of hydrogen-bond donors (Lipinski definition) is 6. The van der Waals surface area contributed by atoms with Crippen molar-refractivity contribution in [1.82, 2.24) is 49.8 Å². The van der Waals surface area contributed by atoms with Gasteiger partial charge in [0.1, 0.15) is 81.5 Å². The van der Waals surface area contributed by atoms with Crippen LogP contribution in [0.2, 0.25) is 16.1 Å². The molecule has 0 spiro atoms. The molecule has 10 aromatic heterocycles. The van der Waals surface area contributed by atoms with Crippen LogP contribution in [0.1, 0.15) is 81.5 Å². The Bertz CT molecular complexity index is 4110. The summed E-state index contributed by atoms with van der Waals surface area (Å²) in [4.78, 5) is 93.2. The van der Waals surface area contributed by atoms with E-state index in [1.54, 1.807) is 42.8 Å². The fourth-order valence-corrected chi connectivity index (χ4v) is 11.7. The molecule has 10 N–H and O–H groups in total. The molecule has 10 heterocycles. The number of nitrogen functional groups attached to an aromatic ring is 4. The lowest BCUT2D eigenvalue weighted by Gasteiger charge is -2.02. The molecule has 3 saturated carbocycles. The van der Waals surface area contributed by atoms with Gasteiger partial charge in [0, 0.05) is 17.4 Å². The summed E-state index contributed by atoms with van der Waals surface area (Å²) in [5.74, 6) is 1.17. The average molecular weight is 1360 g/mol. The number of anilines is 4. The summed E-state index contributed by atoms with van der Waals surface area (Å²) in [6.45, 7) is 7.55. The maximum absolute atomic E-state index is 10.9. The zero-order chi connectivity index (χ0) is 63.0. The van der Waals surface area contributed by atoms with E-state index in [0.29, 0.717) is 47.8 Å². The highest BCUT2D eigenvalue weighted by molar-refractivity contribution is 9.10. The molecular formula is C47H45BBrCl2N19O12S4. The number of nitro groups is 5. The van der Waals surface area contributed by atoms with Crippen LogP contribution in [0.15, 0.2) is 53.8 Å². The van der Waals surface area contributed by atoms with Gasteiger partial charge in [-0.2, -0.15) is 0 Å². The SMILES string of the molecule is Cc1nc2c(Br)c([N+](=O)[O-])cnc2s1.Cc1nc2c(C3CC3)c(N)cnc2s1.Cc1nc2c(C3CC3)c([N+](=O)[O-])cnc2s1.Cc1nc2c(N)c([N+](=O)[O-])cnc2s1.Nc1c([N+](=O)[O-])cnc(Cl)c1[N+](=O)[O-].Nc1ccnc(Cl)c1.OB(O)C1CC1. The predicted octanol–water partition coefficient (Wildman–Crippen LogP) is 11.5. The highest BCUT2D eigenvalue weighted by Crippen LogP contribution is 2.48. The van der Waals surface area contributed by atoms with Crippen molar-refractivity contribution in [1.29, 1.82) is 0 Å². The number of aryl methyl sites for hydroxylation is 4. The lowest BCUT2D eigenvalue weighted by Crippen LogP contribution is -2.09. The minimum absolute atomic E-state index is 0.0530. The van der Waals surface area contributed by atoms with E-state index in [4.69, 9.17) is 56.2 Å². The van der Waals surface area contributed by atoms with Crippen LogP contribution in [0.4, 0.5) is 51.2 Å². The Morgan fingerprint density at radius 1 is 0.535 bits per heavy atom. The zero-order valence-corrected chi connectivity index (χ0v) is 51.3. The molecule has 3 aliphatic rings. The third-order valence-electron chi connectivity index (χ3n) is 11.9. The summed E-state index contributed by atoms with van der Waals surface area (Å²) in [7, 11) is -1.04. The Kier molecular flexibility index (Phi) is 21.4. The fraction of sp³-hybridized carbons (Fsp3) is 0.277. The van der Waals surface area contributed by atoms with Crippen LogP contribution in [-0.4, -0.2) is 91.6 Å². The third-order valence-corrected chi connectivity index (χ3v) is 16.7. The van der Waals surface area contributed by atoms with E-state index >= 15 is 0 Å². The lowest BCUT2D eigenvalue weighted by atomic mass is 9.84. The number of pyridine rings is 6. The van der Waals surface area contributed by atoms with Crippen molar-refractivity contribution in [2.24, 2.45) is 0 Å². The van der Waals surface area contributed by atoms with Gasteiger partial charge in [-0.25, -0.2) is 49.8 Å². The van der Waals surface area contributed by atoms with E-state index < -0.39 is 49.0 Å². The molecule has 13 rings (SSSR count). The first-order chi connectivity index (χ1) is 40.6. The summed E-state index contributed by atoms with van der Waals surface area (Å²) in [6.07, 6.45) is 14.4. The normalized spacial score (nSPS) is 12.9. The largest absolute Gasteiger partial charge is 0.454 e. The van der Waals surface area contributed by atoms with Crippen LogP contribution in [-0.2, 0) is 0 Å². The topological polar surface area (TPSA) is 489 Å².